The Kier molecular flexibility index (Phi) is 5.57. The van der Waals surface area contributed by atoms with Crippen LogP contribution in [-0.2, 0) is 0 Å². The predicted octanol–water partition coefficient (Wildman–Crippen LogP) is 4.57. The first-order chi connectivity index (χ1) is 12.8. The third kappa shape index (κ3) is 4.46. The number of carbonyl (C=O) groups excluding carboxylic acids is 1. The number of rotatable bonds is 5. The van der Waals surface area contributed by atoms with Gasteiger partial charge in [-0.05, 0) is 56.2 Å². The van der Waals surface area contributed by atoms with Gasteiger partial charge in [0.05, 0.1) is 0 Å². The van der Waals surface area contributed by atoms with Gasteiger partial charge in [-0.25, -0.2) is 0 Å². The van der Waals surface area contributed by atoms with Gasteiger partial charge in [-0.15, -0.1) is 0 Å². The molecule has 1 heterocycles. The van der Waals surface area contributed by atoms with Crippen molar-refractivity contribution in [1.82, 2.24) is 15.6 Å². The van der Waals surface area contributed by atoms with Crippen molar-refractivity contribution in [3.63, 3.8) is 0 Å². The molecule has 0 bridgehead atoms. The Morgan fingerprint density at radius 2 is 1.46 bits per heavy atom. The molecule has 3 aliphatic rings. The first-order valence-electron chi connectivity index (χ1n) is 10.6. The van der Waals surface area contributed by atoms with Gasteiger partial charge in [-0.3, -0.25) is 9.78 Å². The van der Waals surface area contributed by atoms with Crippen LogP contribution < -0.4 is 10.6 Å². The van der Waals surface area contributed by atoms with Crippen molar-refractivity contribution < 1.29 is 4.79 Å². The minimum Gasteiger partial charge on any atom is -0.382 e. The van der Waals surface area contributed by atoms with Gasteiger partial charge in [0.15, 0.2) is 0 Å². The standard InChI is InChI=1S/C22H31N3O/c26-22(25-19-9-5-2-6-10-19)20-14-13-17(15-23-20)21(16-11-12-16)24-18-7-3-1-4-8-18/h13-15,18-19,24H,1-12H2,(H,25,26). The Morgan fingerprint density at radius 1 is 0.846 bits per heavy atom. The Labute approximate surface area is 156 Å². The monoisotopic (exact) mass is 353 g/mol. The molecule has 0 aliphatic heterocycles. The smallest absolute Gasteiger partial charge is 0.270 e. The third-order valence-electron chi connectivity index (χ3n) is 6.03. The molecule has 2 N–H and O–H groups in total. The van der Waals surface area contributed by atoms with Crippen molar-refractivity contribution in [2.45, 2.75) is 89.1 Å². The van der Waals surface area contributed by atoms with Crippen LogP contribution in [0.4, 0.5) is 0 Å². The fourth-order valence-corrected chi connectivity index (χ4v) is 4.34. The van der Waals surface area contributed by atoms with E-state index in [1.54, 1.807) is 0 Å². The van der Waals surface area contributed by atoms with E-state index >= 15 is 0 Å². The lowest BCUT2D eigenvalue weighted by atomic mass is 9.95. The Morgan fingerprint density at radius 3 is 2.00 bits per heavy atom. The number of nitrogens with zero attached hydrogens (tertiary/aromatic N) is 1. The number of hydrogen-bond donors (Lipinski definition) is 2. The highest BCUT2D eigenvalue weighted by atomic mass is 16.1. The number of nitrogens with one attached hydrogen (secondary N) is 2. The molecule has 3 aliphatic carbocycles. The van der Waals surface area contributed by atoms with E-state index < -0.39 is 0 Å². The average Bonchev–Trinajstić information content (AvgIpc) is 3.53. The molecule has 0 saturated heterocycles. The van der Waals surface area contributed by atoms with Gasteiger partial charge >= 0.3 is 0 Å². The molecule has 4 heteroatoms. The minimum atomic E-state index is -0.0238. The van der Waals surface area contributed by atoms with E-state index in [-0.39, 0.29) is 5.91 Å². The summed E-state index contributed by atoms with van der Waals surface area (Å²) in [5.41, 5.74) is 4.47. The van der Waals surface area contributed by atoms with Crippen LogP contribution in [0.3, 0.4) is 0 Å². The Hall–Kier alpha value is -1.84. The zero-order valence-electron chi connectivity index (χ0n) is 15.7. The lowest BCUT2D eigenvalue weighted by molar-refractivity contribution is 0.0922. The van der Waals surface area contributed by atoms with Crippen molar-refractivity contribution in [2.75, 3.05) is 0 Å². The third-order valence-corrected chi connectivity index (χ3v) is 6.03. The molecular weight excluding hydrogens is 322 g/mol. The van der Waals surface area contributed by atoms with E-state index in [0.29, 0.717) is 17.8 Å². The summed E-state index contributed by atoms with van der Waals surface area (Å²) in [6, 6.07) is 4.88. The van der Waals surface area contributed by atoms with Crippen molar-refractivity contribution in [1.29, 1.82) is 0 Å². The molecule has 0 spiro atoms. The number of allylic oxidation sites excluding steroid dienone is 1. The van der Waals surface area contributed by atoms with E-state index in [4.69, 9.17) is 0 Å². The van der Waals surface area contributed by atoms with E-state index in [2.05, 4.69) is 21.7 Å². The van der Waals surface area contributed by atoms with Crippen LogP contribution in [0.25, 0.3) is 5.70 Å². The van der Waals surface area contributed by atoms with Gasteiger partial charge in [0, 0.05) is 29.5 Å². The quantitative estimate of drug-likeness (QED) is 0.815. The summed E-state index contributed by atoms with van der Waals surface area (Å²) in [7, 11) is 0. The zero-order valence-corrected chi connectivity index (χ0v) is 15.7. The summed E-state index contributed by atoms with van der Waals surface area (Å²) in [5, 5.41) is 6.94. The molecule has 0 unspecified atom stereocenters. The summed E-state index contributed by atoms with van der Waals surface area (Å²) >= 11 is 0. The predicted molar refractivity (Wildman–Crippen MR) is 105 cm³/mol. The van der Waals surface area contributed by atoms with Crippen molar-refractivity contribution in [2.24, 2.45) is 0 Å². The number of aromatic nitrogens is 1. The van der Waals surface area contributed by atoms with Crippen LogP contribution in [-0.4, -0.2) is 23.0 Å². The number of amides is 1. The number of pyridine rings is 1. The summed E-state index contributed by atoms with van der Waals surface area (Å²) in [5.74, 6) is -0.0238. The normalized spacial score (nSPS) is 21.3. The lowest BCUT2D eigenvalue weighted by Gasteiger charge is -2.25. The molecule has 3 fully saturated rings. The molecule has 4 nitrogen and oxygen atoms in total. The first kappa shape index (κ1) is 17.6. The van der Waals surface area contributed by atoms with Crippen LogP contribution in [0.5, 0.6) is 0 Å². The Balaban J connectivity index is 1.40. The maximum Gasteiger partial charge on any atom is 0.270 e. The van der Waals surface area contributed by atoms with Crippen LogP contribution in [0, 0.1) is 0 Å². The molecule has 0 atom stereocenters. The van der Waals surface area contributed by atoms with E-state index in [1.165, 1.54) is 75.5 Å². The van der Waals surface area contributed by atoms with Gasteiger partial charge < -0.3 is 10.6 Å². The van der Waals surface area contributed by atoms with Crippen LogP contribution in [0.15, 0.2) is 23.9 Å². The maximum atomic E-state index is 12.5. The molecule has 4 rings (SSSR count). The van der Waals surface area contributed by atoms with Crippen LogP contribution in [0.2, 0.25) is 0 Å². The SMILES string of the molecule is O=C(NC1CCCCC1)c1ccc(C(NC2CCCCC2)=C2CC2)cn1. The van der Waals surface area contributed by atoms with E-state index in [0.717, 1.165) is 18.4 Å². The average molecular weight is 354 g/mol. The zero-order chi connectivity index (χ0) is 17.8. The molecule has 1 aromatic heterocycles. The second-order valence-electron chi connectivity index (χ2n) is 8.20. The fourth-order valence-electron chi connectivity index (χ4n) is 4.34. The first-order valence-corrected chi connectivity index (χ1v) is 10.6. The largest absolute Gasteiger partial charge is 0.382 e. The van der Waals surface area contributed by atoms with Crippen molar-refractivity contribution in [3.05, 3.63) is 35.2 Å². The second kappa shape index (κ2) is 8.24. The summed E-state index contributed by atoms with van der Waals surface area (Å²) in [4.78, 5) is 16.9. The molecule has 1 amide bonds. The van der Waals surface area contributed by atoms with Crippen LogP contribution >= 0.6 is 0 Å². The van der Waals surface area contributed by atoms with Crippen molar-refractivity contribution >= 4 is 11.6 Å². The fraction of sp³-hybridized carbons (Fsp3) is 0.636. The van der Waals surface area contributed by atoms with E-state index in [9.17, 15) is 4.79 Å². The van der Waals surface area contributed by atoms with E-state index in [1.807, 2.05) is 12.3 Å². The highest BCUT2D eigenvalue weighted by Crippen LogP contribution is 2.36. The minimum absolute atomic E-state index is 0.0238. The lowest BCUT2D eigenvalue weighted by Crippen LogP contribution is -2.36. The Bertz CT molecular complexity index is 646. The molecule has 0 radical (unpaired) electrons. The highest BCUT2D eigenvalue weighted by molar-refractivity contribution is 5.92. The molecule has 0 aromatic carbocycles. The van der Waals surface area contributed by atoms with Gasteiger partial charge in [0.25, 0.3) is 5.91 Å². The van der Waals surface area contributed by atoms with Gasteiger partial charge in [0.1, 0.15) is 5.69 Å². The van der Waals surface area contributed by atoms with Gasteiger partial charge in [0.2, 0.25) is 0 Å². The molecular formula is C22H31N3O. The highest BCUT2D eigenvalue weighted by Gasteiger charge is 2.23. The van der Waals surface area contributed by atoms with Gasteiger partial charge in [-0.1, -0.05) is 38.5 Å². The van der Waals surface area contributed by atoms with Crippen molar-refractivity contribution in [3.8, 4) is 0 Å². The molecule has 1 aromatic rings. The molecule has 3 saturated carbocycles. The maximum absolute atomic E-state index is 12.5. The van der Waals surface area contributed by atoms with Gasteiger partial charge in [-0.2, -0.15) is 0 Å². The summed E-state index contributed by atoms with van der Waals surface area (Å²) in [6.45, 7) is 0. The second-order valence-corrected chi connectivity index (χ2v) is 8.20. The van der Waals surface area contributed by atoms with Crippen LogP contribution in [0.1, 0.15) is 93.1 Å². The topological polar surface area (TPSA) is 54.0 Å². The summed E-state index contributed by atoms with van der Waals surface area (Å²) in [6.07, 6.45) is 16.8. The molecule has 140 valence electrons. The number of carbonyl (C=O) groups is 1. The molecule has 26 heavy (non-hydrogen) atoms. The number of hydrogen-bond acceptors (Lipinski definition) is 3. The summed E-state index contributed by atoms with van der Waals surface area (Å²) < 4.78 is 0.